The molecular weight excluding hydrogens is 379 g/mol. The molecule has 132 valence electrons. The van der Waals surface area contributed by atoms with Gasteiger partial charge in [-0.25, -0.2) is 9.59 Å². The first-order valence-electron chi connectivity index (χ1n) is 7.76. The van der Waals surface area contributed by atoms with Gasteiger partial charge >= 0.3 is 11.6 Å². The fraction of sp³-hybridized carbons (Fsp3) is 0.158. The Labute approximate surface area is 158 Å². The minimum absolute atomic E-state index is 0.239. The van der Waals surface area contributed by atoms with E-state index in [2.05, 4.69) is 0 Å². The second-order valence-electron chi connectivity index (χ2n) is 5.83. The normalized spacial score (nSPS) is 18.4. The molecule has 0 aliphatic carbocycles. The Hall–Kier alpha value is -2.50. The average Bonchev–Trinajstić information content (AvgIpc) is 3.02. The van der Waals surface area contributed by atoms with Crippen LogP contribution in [0.15, 0.2) is 51.7 Å². The van der Waals surface area contributed by atoms with Crippen LogP contribution in [0.3, 0.4) is 0 Å². The molecule has 3 aromatic rings. The highest BCUT2D eigenvalue weighted by molar-refractivity contribution is 6.35. The Bertz CT molecular complexity index is 1090. The Balaban J connectivity index is 2.01. The fourth-order valence-corrected chi connectivity index (χ4v) is 3.78. The third kappa shape index (κ3) is 2.55. The predicted octanol–water partition coefficient (Wildman–Crippen LogP) is 4.17. The van der Waals surface area contributed by atoms with Crippen LogP contribution in [0.25, 0.3) is 11.0 Å². The van der Waals surface area contributed by atoms with Crippen LogP contribution in [0, 0.1) is 0 Å². The van der Waals surface area contributed by atoms with Crippen molar-refractivity contribution in [3.63, 3.8) is 0 Å². The van der Waals surface area contributed by atoms with E-state index in [1.165, 1.54) is 7.11 Å². The summed E-state index contributed by atoms with van der Waals surface area (Å²) in [6.07, 6.45) is -1.05. The van der Waals surface area contributed by atoms with Gasteiger partial charge < -0.3 is 13.9 Å². The summed E-state index contributed by atoms with van der Waals surface area (Å²) < 4.78 is 16.2. The molecule has 0 amide bonds. The summed E-state index contributed by atoms with van der Waals surface area (Å²) in [5.74, 6) is -1.06. The van der Waals surface area contributed by atoms with Crippen molar-refractivity contribution in [2.24, 2.45) is 0 Å². The maximum atomic E-state index is 12.7. The lowest BCUT2D eigenvalue weighted by molar-refractivity contribution is -0.148. The molecule has 1 aromatic heterocycles. The first-order chi connectivity index (χ1) is 12.5. The summed E-state index contributed by atoms with van der Waals surface area (Å²) in [5.41, 5.74) is 0.569. The van der Waals surface area contributed by atoms with E-state index in [0.29, 0.717) is 32.3 Å². The van der Waals surface area contributed by atoms with Crippen molar-refractivity contribution in [2.75, 3.05) is 7.11 Å². The number of para-hydroxylation sites is 1. The number of hydrogen-bond donors (Lipinski definition) is 0. The summed E-state index contributed by atoms with van der Waals surface area (Å²) >= 11 is 12.3. The van der Waals surface area contributed by atoms with E-state index in [-0.39, 0.29) is 5.56 Å². The third-order valence-electron chi connectivity index (χ3n) is 4.39. The molecule has 0 spiro atoms. The van der Waals surface area contributed by atoms with Gasteiger partial charge in [0.15, 0.2) is 0 Å². The van der Waals surface area contributed by atoms with Crippen molar-refractivity contribution in [1.82, 2.24) is 0 Å². The molecule has 2 atom stereocenters. The van der Waals surface area contributed by atoms with E-state index >= 15 is 0 Å². The highest BCUT2D eigenvalue weighted by atomic mass is 35.5. The van der Waals surface area contributed by atoms with Gasteiger partial charge in [-0.2, -0.15) is 0 Å². The number of carbonyl (C=O) groups excluding carboxylic acids is 1. The van der Waals surface area contributed by atoms with Crippen LogP contribution in [0.5, 0.6) is 5.75 Å². The van der Waals surface area contributed by atoms with E-state index in [1.807, 2.05) is 0 Å². The van der Waals surface area contributed by atoms with E-state index < -0.39 is 23.6 Å². The Morgan fingerprint density at radius 3 is 2.65 bits per heavy atom. The summed E-state index contributed by atoms with van der Waals surface area (Å²) in [5, 5.41) is 1.36. The summed E-state index contributed by atoms with van der Waals surface area (Å²) in [4.78, 5) is 25.0. The van der Waals surface area contributed by atoms with Crippen molar-refractivity contribution in [2.45, 2.75) is 12.0 Å². The van der Waals surface area contributed by atoms with Gasteiger partial charge in [0.25, 0.3) is 0 Å². The van der Waals surface area contributed by atoms with Crippen LogP contribution in [0.1, 0.15) is 17.0 Å². The standard InChI is InChI=1S/C19H12Cl2O5/c1-24-19(23)17-14(10-7-6-9(20)8-12(10)21)15-16(26-17)11-4-2-3-5-13(11)25-18(15)22/h2-8,14,17H,1H3. The van der Waals surface area contributed by atoms with Crippen molar-refractivity contribution in [3.05, 3.63) is 74.1 Å². The largest absolute Gasteiger partial charge is 0.476 e. The molecule has 4 rings (SSSR count). The maximum Gasteiger partial charge on any atom is 0.348 e. The van der Waals surface area contributed by atoms with Gasteiger partial charge in [0.1, 0.15) is 11.3 Å². The van der Waals surface area contributed by atoms with Gasteiger partial charge in [-0.15, -0.1) is 0 Å². The average molecular weight is 391 g/mol. The molecule has 2 unspecified atom stereocenters. The lowest BCUT2D eigenvalue weighted by Gasteiger charge is -2.18. The number of methoxy groups -OCH3 is 1. The highest BCUT2D eigenvalue weighted by Crippen LogP contribution is 2.46. The number of carbonyl (C=O) groups is 1. The van der Waals surface area contributed by atoms with Crippen LogP contribution in [-0.4, -0.2) is 19.2 Å². The smallest absolute Gasteiger partial charge is 0.348 e. The molecule has 7 heteroatoms. The van der Waals surface area contributed by atoms with Crippen LogP contribution in [0.2, 0.25) is 10.0 Å². The lowest BCUT2D eigenvalue weighted by Crippen LogP contribution is -2.32. The number of ether oxygens (including phenoxy) is 2. The highest BCUT2D eigenvalue weighted by Gasteiger charge is 2.45. The molecule has 5 nitrogen and oxygen atoms in total. The van der Waals surface area contributed by atoms with E-state index in [0.717, 1.165) is 0 Å². The van der Waals surface area contributed by atoms with E-state index in [4.69, 9.17) is 37.1 Å². The molecular formula is C19H12Cl2O5. The minimum Gasteiger partial charge on any atom is -0.476 e. The number of rotatable bonds is 2. The second kappa shape index (κ2) is 6.34. The summed E-state index contributed by atoms with van der Waals surface area (Å²) in [7, 11) is 1.26. The second-order valence-corrected chi connectivity index (χ2v) is 6.68. The van der Waals surface area contributed by atoms with Crippen molar-refractivity contribution >= 4 is 40.1 Å². The van der Waals surface area contributed by atoms with Gasteiger partial charge in [-0.3, -0.25) is 0 Å². The van der Waals surface area contributed by atoms with Gasteiger partial charge in [0.05, 0.1) is 24.0 Å². The van der Waals surface area contributed by atoms with Crippen molar-refractivity contribution < 1.29 is 18.7 Å². The Morgan fingerprint density at radius 1 is 1.15 bits per heavy atom. The van der Waals surface area contributed by atoms with Crippen LogP contribution >= 0.6 is 23.2 Å². The van der Waals surface area contributed by atoms with Crippen LogP contribution in [-0.2, 0) is 9.53 Å². The third-order valence-corrected chi connectivity index (χ3v) is 4.95. The van der Waals surface area contributed by atoms with Crippen LogP contribution in [0.4, 0.5) is 0 Å². The number of halogens is 2. The van der Waals surface area contributed by atoms with Gasteiger partial charge in [0, 0.05) is 10.0 Å². The lowest BCUT2D eigenvalue weighted by atomic mass is 9.88. The Morgan fingerprint density at radius 2 is 1.92 bits per heavy atom. The molecule has 0 fully saturated rings. The molecule has 1 aliphatic rings. The topological polar surface area (TPSA) is 65.7 Å². The number of hydrogen-bond acceptors (Lipinski definition) is 5. The number of fused-ring (bicyclic) bond motifs is 3. The number of esters is 1. The molecule has 0 radical (unpaired) electrons. The first kappa shape index (κ1) is 16.9. The molecule has 26 heavy (non-hydrogen) atoms. The van der Waals surface area contributed by atoms with Crippen molar-refractivity contribution in [3.8, 4) is 5.75 Å². The summed E-state index contributed by atoms with van der Waals surface area (Å²) in [6.45, 7) is 0. The van der Waals surface area contributed by atoms with E-state index in [1.54, 1.807) is 42.5 Å². The SMILES string of the molecule is COC(=O)C1Oc2c(c(=O)oc3ccccc23)C1c1ccc(Cl)cc1Cl. The monoisotopic (exact) mass is 390 g/mol. The first-order valence-corrected chi connectivity index (χ1v) is 8.52. The quantitative estimate of drug-likeness (QED) is 0.485. The summed E-state index contributed by atoms with van der Waals surface area (Å²) in [6, 6.07) is 11.8. The fourth-order valence-electron chi connectivity index (χ4n) is 3.25. The molecule has 0 bridgehead atoms. The zero-order chi connectivity index (χ0) is 18.4. The van der Waals surface area contributed by atoms with Gasteiger partial charge in [0.2, 0.25) is 6.10 Å². The molecule has 2 heterocycles. The molecule has 1 aliphatic heterocycles. The zero-order valence-electron chi connectivity index (χ0n) is 13.5. The molecule has 0 saturated heterocycles. The minimum atomic E-state index is -1.05. The van der Waals surface area contributed by atoms with Crippen LogP contribution < -0.4 is 10.4 Å². The molecule has 2 aromatic carbocycles. The predicted molar refractivity (Wildman–Crippen MR) is 97.2 cm³/mol. The van der Waals surface area contributed by atoms with Gasteiger partial charge in [-0.1, -0.05) is 41.4 Å². The molecule has 0 saturated carbocycles. The van der Waals surface area contributed by atoms with Gasteiger partial charge in [-0.05, 0) is 29.8 Å². The number of benzene rings is 2. The molecule has 0 N–H and O–H groups in total. The zero-order valence-corrected chi connectivity index (χ0v) is 15.0. The maximum absolute atomic E-state index is 12.7. The Kier molecular flexibility index (Phi) is 4.13. The van der Waals surface area contributed by atoms with Crippen molar-refractivity contribution in [1.29, 1.82) is 0 Å². The van der Waals surface area contributed by atoms with E-state index in [9.17, 15) is 9.59 Å².